The van der Waals surface area contributed by atoms with E-state index in [1.807, 2.05) is 47.0 Å². The van der Waals surface area contributed by atoms with Crippen LogP contribution in [0.3, 0.4) is 0 Å². The summed E-state index contributed by atoms with van der Waals surface area (Å²) in [5.74, 6) is 2.01. The summed E-state index contributed by atoms with van der Waals surface area (Å²) >= 11 is 1.90. The number of rotatable bonds is 5. The average molecular weight is 341 g/mol. The first-order chi connectivity index (χ1) is 10.5. The van der Waals surface area contributed by atoms with Crippen LogP contribution in [0.1, 0.15) is 19.4 Å². The van der Waals surface area contributed by atoms with Crippen molar-refractivity contribution in [2.75, 3.05) is 31.1 Å². The normalized spacial score (nSPS) is 18.7. The molecule has 1 heterocycles. The van der Waals surface area contributed by atoms with Crippen LogP contribution >= 0.6 is 11.8 Å². The summed E-state index contributed by atoms with van der Waals surface area (Å²) in [6.45, 7) is 6.32. The summed E-state index contributed by atoms with van der Waals surface area (Å²) < 4.78 is 12.1. The van der Waals surface area contributed by atoms with Gasteiger partial charge in [-0.05, 0) is 19.4 Å². The molecule has 1 saturated heterocycles. The highest BCUT2D eigenvalue weighted by Crippen LogP contribution is 2.29. The lowest BCUT2D eigenvalue weighted by atomic mass is 10.2. The first kappa shape index (κ1) is 17.3. The smallest absolute Gasteiger partial charge is 0.317 e. The highest BCUT2D eigenvalue weighted by atomic mass is 32.2. The Bertz CT molecular complexity index is 520. The maximum Gasteiger partial charge on any atom is 0.317 e. The monoisotopic (exact) mass is 340 g/mol. The summed E-state index contributed by atoms with van der Waals surface area (Å²) in [5.41, 5.74) is 1.07. The van der Waals surface area contributed by atoms with Crippen LogP contribution in [-0.4, -0.2) is 51.0 Å². The third-order valence-corrected chi connectivity index (χ3v) is 6.10. The maximum atomic E-state index is 12.1. The van der Waals surface area contributed by atoms with E-state index in [0.717, 1.165) is 24.4 Å². The summed E-state index contributed by atoms with van der Waals surface area (Å²) in [7, 11) is -0.945. The van der Waals surface area contributed by atoms with Gasteiger partial charge < -0.3 is 10.2 Å². The van der Waals surface area contributed by atoms with Crippen molar-refractivity contribution in [2.45, 2.75) is 24.3 Å². The van der Waals surface area contributed by atoms with Gasteiger partial charge in [-0.2, -0.15) is 11.8 Å². The molecule has 2 amide bonds. The molecule has 6 heteroatoms. The van der Waals surface area contributed by atoms with Gasteiger partial charge >= 0.3 is 6.03 Å². The number of nitrogens with zero attached hydrogens (tertiary/aromatic N) is 1. The Hall–Kier alpha value is -1.01. The summed E-state index contributed by atoms with van der Waals surface area (Å²) in [6.07, 6.45) is 0. The first-order valence-electron chi connectivity index (χ1n) is 7.52. The molecule has 2 rings (SSSR count). The van der Waals surface area contributed by atoms with E-state index in [2.05, 4.69) is 19.2 Å². The van der Waals surface area contributed by atoms with Crippen LogP contribution in [0.5, 0.6) is 0 Å². The van der Waals surface area contributed by atoms with Crippen LogP contribution in [-0.2, 0) is 16.6 Å². The topological polar surface area (TPSA) is 49.4 Å². The van der Waals surface area contributed by atoms with E-state index < -0.39 is 10.8 Å². The van der Waals surface area contributed by atoms with Crippen molar-refractivity contribution in [1.29, 1.82) is 0 Å². The number of thioether (sulfide) groups is 1. The molecule has 0 radical (unpaired) electrons. The SMILES string of the molecule is CC1(C)CN(C(=O)NCC[S@@](=O)Cc2ccccc2)CCS1. The number of urea groups is 1. The van der Waals surface area contributed by atoms with Gasteiger partial charge in [0.15, 0.2) is 0 Å². The van der Waals surface area contributed by atoms with E-state index in [-0.39, 0.29) is 10.8 Å². The van der Waals surface area contributed by atoms with Crippen molar-refractivity contribution in [2.24, 2.45) is 0 Å². The standard InChI is InChI=1S/C16H24N2O2S2/c1-16(2)13-18(9-10-21-16)15(19)17-8-11-22(20)12-14-6-4-3-5-7-14/h3-7H,8-13H2,1-2H3,(H,17,19)/t22-/m1/s1. The van der Waals surface area contributed by atoms with Gasteiger partial charge in [0.05, 0.1) is 0 Å². The van der Waals surface area contributed by atoms with Crippen LogP contribution in [0.15, 0.2) is 30.3 Å². The van der Waals surface area contributed by atoms with Gasteiger partial charge in [-0.3, -0.25) is 4.21 Å². The lowest BCUT2D eigenvalue weighted by Crippen LogP contribution is -2.50. The third-order valence-electron chi connectivity index (χ3n) is 3.49. The number of hydrogen-bond donors (Lipinski definition) is 1. The maximum absolute atomic E-state index is 12.1. The number of amides is 2. The lowest BCUT2D eigenvalue weighted by molar-refractivity contribution is 0.195. The number of carbonyl (C=O) groups excluding carboxylic acids is 1. The number of carbonyl (C=O) groups is 1. The highest BCUT2D eigenvalue weighted by molar-refractivity contribution is 8.00. The molecule has 0 aromatic heterocycles. The zero-order valence-electron chi connectivity index (χ0n) is 13.2. The Labute approximate surface area is 139 Å². The highest BCUT2D eigenvalue weighted by Gasteiger charge is 2.29. The minimum atomic E-state index is -0.945. The van der Waals surface area contributed by atoms with E-state index in [1.54, 1.807) is 0 Å². The minimum Gasteiger partial charge on any atom is -0.337 e. The fourth-order valence-electron chi connectivity index (χ4n) is 2.41. The summed E-state index contributed by atoms with van der Waals surface area (Å²) in [4.78, 5) is 14.0. The molecular weight excluding hydrogens is 316 g/mol. The van der Waals surface area contributed by atoms with Gasteiger partial charge in [-0.25, -0.2) is 4.79 Å². The van der Waals surface area contributed by atoms with Gasteiger partial charge in [0.25, 0.3) is 0 Å². The molecule has 0 unspecified atom stereocenters. The number of benzene rings is 1. The molecule has 1 aromatic carbocycles. The van der Waals surface area contributed by atoms with Gasteiger partial charge in [-0.1, -0.05) is 30.3 Å². The van der Waals surface area contributed by atoms with Crippen molar-refractivity contribution in [3.63, 3.8) is 0 Å². The Morgan fingerprint density at radius 1 is 1.36 bits per heavy atom. The van der Waals surface area contributed by atoms with E-state index in [1.165, 1.54) is 0 Å². The molecule has 1 atom stereocenters. The summed E-state index contributed by atoms with van der Waals surface area (Å²) in [6, 6.07) is 9.76. The van der Waals surface area contributed by atoms with E-state index in [0.29, 0.717) is 18.1 Å². The molecule has 1 N–H and O–H groups in total. The van der Waals surface area contributed by atoms with Crippen molar-refractivity contribution in [3.05, 3.63) is 35.9 Å². The van der Waals surface area contributed by atoms with Crippen LogP contribution in [0.25, 0.3) is 0 Å². The van der Waals surface area contributed by atoms with E-state index in [9.17, 15) is 9.00 Å². The second-order valence-corrected chi connectivity index (χ2v) is 9.41. The fourth-order valence-corrected chi connectivity index (χ4v) is 4.56. The predicted octanol–water partition coefficient (Wildman–Crippen LogP) is 2.47. The Morgan fingerprint density at radius 2 is 2.09 bits per heavy atom. The van der Waals surface area contributed by atoms with Gasteiger partial charge in [-0.15, -0.1) is 0 Å². The van der Waals surface area contributed by atoms with Crippen LogP contribution in [0.2, 0.25) is 0 Å². The molecule has 1 aromatic rings. The quantitative estimate of drug-likeness (QED) is 0.896. The molecule has 1 fully saturated rings. The van der Waals surface area contributed by atoms with Crippen molar-refractivity contribution < 1.29 is 9.00 Å². The molecule has 122 valence electrons. The van der Waals surface area contributed by atoms with Crippen molar-refractivity contribution in [3.8, 4) is 0 Å². The molecule has 0 spiro atoms. The minimum absolute atomic E-state index is 0.0370. The molecule has 1 aliphatic heterocycles. The van der Waals surface area contributed by atoms with Crippen LogP contribution < -0.4 is 5.32 Å². The fraction of sp³-hybridized carbons (Fsp3) is 0.562. The zero-order valence-corrected chi connectivity index (χ0v) is 14.8. The molecule has 0 aliphatic carbocycles. The molecule has 22 heavy (non-hydrogen) atoms. The van der Waals surface area contributed by atoms with Crippen LogP contribution in [0, 0.1) is 0 Å². The van der Waals surface area contributed by atoms with Crippen molar-refractivity contribution in [1.82, 2.24) is 10.2 Å². The Morgan fingerprint density at radius 3 is 2.77 bits per heavy atom. The van der Waals surface area contributed by atoms with Crippen molar-refractivity contribution >= 4 is 28.6 Å². The molecule has 0 saturated carbocycles. The Balaban J connectivity index is 1.69. The van der Waals surface area contributed by atoms with Gasteiger partial charge in [0.2, 0.25) is 0 Å². The largest absolute Gasteiger partial charge is 0.337 e. The second kappa shape index (κ2) is 8.02. The molecule has 1 aliphatic rings. The third kappa shape index (κ3) is 5.65. The first-order valence-corrected chi connectivity index (χ1v) is 9.99. The number of nitrogens with one attached hydrogen (secondary N) is 1. The molecule has 4 nitrogen and oxygen atoms in total. The van der Waals surface area contributed by atoms with Gasteiger partial charge in [0, 0.05) is 52.4 Å². The Kier molecular flexibility index (Phi) is 6.32. The second-order valence-electron chi connectivity index (χ2n) is 6.04. The van der Waals surface area contributed by atoms with Crippen LogP contribution in [0.4, 0.5) is 4.79 Å². The average Bonchev–Trinajstić information content (AvgIpc) is 2.47. The predicted molar refractivity (Wildman–Crippen MR) is 94.7 cm³/mol. The van der Waals surface area contributed by atoms with E-state index >= 15 is 0 Å². The number of hydrogen-bond acceptors (Lipinski definition) is 3. The lowest BCUT2D eigenvalue weighted by Gasteiger charge is -2.37. The molecule has 0 bridgehead atoms. The zero-order chi connectivity index (χ0) is 16.0. The summed E-state index contributed by atoms with van der Waals surface area (Å²) in [5, 5.41) is 2.89. The van der Waals surface area contributed by atoms with E-state index in [4.69, 9.17) is 0 Å². The van der Waals surface area contributed by atoms with Gasteiger partial charge in [0.1, 0.15) is 0 Å². The molecular formula is C16H24N2O2S2.